The smallest absolute Gasteiger partial charge is 0.224 e. The van der Waals surface area contributed by atoms with Crippen LogP contribution in [0.25, 0.3) is 0 Å². The molecule has 0 aliphatic heterocycles. The Hall–Kier alpha value is -1.39. The summed E-state index contributed by atoms with van der Waals surface area (Å²) in [4.78, 5) is 11.3. The number of anilines is 1. The molecule has 0 saturated heterocycles. The van der Waals surface area contributed by atoms with Gasteiger partial charge in [0.25, 0.3) is 0 Å². The number of benzene rings is 1. The van der Waals surface area contributed by atoms with E-state index < -0.39 is 0 Å². The summed E-state index contributed by atoms with van der Waals surface area (Å²) in [5, 5.41) is 2.79. The summed E-state index contributed by atoms with van der Waals surface area (Å²) in [5.41, 5.74) is 12.6. The van der Waals surface area contributed by atoms with Gasteiger partial charge in [0.1, 0.15) is 0 Å². The van der Waals surface area contributed by atoms with Gasteiger partial charge in [-0.05, 0) is 30.7 Å². The normalized spacial score (nSPS) is 10.0. The number of rotatable bonds is 5. The van der Waals surface area contributed by atoms with Gasteiger partial charge in [-0.25, -0.2) is 0 Å². The van der Waals surface area contributed by atoms with E-state index in [1.54, 1.807) is 0 Å². The molecule has 1 aromatic rings. The van der Waals surface area contributed by atoms with Gasteiger partial charge in [-0.1, -0.05) is 12.1 Å². The molecule has 1 aromatic carbocycles. The Balaban J connectivity index is 2.46. The third kappa shape index (κ3) is 4.10. The minimum absolute atomic E-state index is 0.000878. The lowest BCUT2D eigenvalue weighted by Crippen LogP contribution is -2.13. The molecule has 15 heavy (non-hydrogen) atoms. The minimum Gasteiger partial charge on any atom is -0.330 e. The van der Waals surface area contributed by atoms with Gasteiger partial charge >= 0.3 is 0 Å². The number of hydrogen-bond donors (Lipinski definition) is 3. The molecule has 4 heteroatoms. The highest BCUT2D eigenvalue weighted by Gasteiger charge is 2.00. The van der Waals surface area contributed by atoms with Crippen LogP contribution in [-0.4, -0.2) is 12.5 Å². The Morgan fingerprint density at radius 1 is 1.20 bits per heavy atom. The maximum atomic E-state index is 11.3. The summed E-state index contributed by atoms with van der Waals surface area (Å²) in [6, 6.07) is 7.50. The van der Waals surface area contributed by atoms with Gasteiger partial charge in [-0.15, -0.1) is 0 Å². The van der Waals surface area contributed by atoms with Crippen LogP contribution in [0.4, 0.5) is 5.69 Å². The summed E-state index contributed by atoms with van der Waals surface area (Å²) in [6.45, 7) is 1.06. The van der Waals surface area contributed by atoms with Crippen molar-refractivity contribution in [3.63, 3.8) is 0 Å². The summed E-state index contributed by atoms with van der Waals surface area (Å²) in [6.07, 6.45) is 1.18. The maximum Gasteiger partial charge on any atom is 0.224 e. The number of hydrogen-bond acceptors (Lipinski definition) is 3. The Labute approximate surface area is 89.6 Å². The van der Waals surface area contributed by atoms with Crippen LogP contribution in [0.15, 0.2) is 24.3 Å². The molecule has 0 heterocycles. The first kappa shape index (κ1) is 11.7. The largest absolute Gasteiger partial charge is 0.330 e. The van der Waals surface area contributed by atoms with E-state index in [1.807, 2.05) is 24.3 Å². The third-order valence-electron chi connectivity index (χ3n) is 2.08. The first-order chi connectivity index (χ1) is 7.26. The zero-order valence-corrected chi connectivity index (χ0v) is 8.70. The SMILES string of the molecule is NCCCC(=O)Nc1ccc(CN)cc1. The van der Waals surface area contributed by atoms with Crippen molar-refractivity contribution >= 4 is 11.6 Å². The molecule has 0 saturated carbocycles. The predicted molar refractivity (Wildman–Crippen MR) is 61.3 cm³/mol. The van der Waals surface area contributed by atoms with E-state index in [1.165, 1.54) is 0 Å². The van der Waals surface area contributed by atoms with Crippen molar-refractivity contribution in [1.29, 1.82) is 0 Å². The Kier molecular flexibility index (Phi) is 4.80. The van der Waals surface area contributed by atoms with Crippen LogP contribution in [0, 0.1) is 0 Å². The first-order valence-electron chi connectivity index (χ1n) is 5.05. The fraction of sp³-hybridized carbons (Fsp3) is 0.364. The fourth-order valence-corrected chi connectivity index (χ4v) is 1.21. The molecule has 0 spiro atoms. The van der Waals surface area contributed by atoms with Crippen molar-refractivity contribution in [2.75, 3.05) is 11.9 Å². The fourth-order valence-electron chi connectivity index (χ4n) is 1.21. The van der Waals surface area contributed by atoms with Crippen molar-refractivity contribution in [3.05, 3.63) is 29.8 Å². The molecule has 5 N–H and O–H groups in total. The lowest BCUT2D eigenvalue weighted by molar-refractivity contribution is -0.116. The van der Waals surface area contributed by atoms with Gasteiger partial charge in [-0.3, -0.25) is 4.79 Å². The van der Waals surface area contributed by atoms with Gasteiger partial charge in [0.15, 0.2) is 0 Å². The summed E-state index contributed by atoms with van der Waals surface area (Å²) in [5.74, 6) is 0.000878. The third-order valence-corrected chi connectivity index (χ3v) is 2.08. The van der Waals surface area contributed by atoms with Crippen LogP contribution in [0.2, 0.25) is 0 Å². The average molecular weight is 207 g/mol. The van der Waals surface area contributed by atoms with E-state index >= 15 is 0 Å². The molecule has 1 rings (SSSR count). The second-order valence-electron chi connectivity index (χ2n) is 3.34. The molecule has 0 aliphatic rings. The lowest BCUT2D eigenvalue weighted by atomic mass is 10.2. The molecular formula is C11H17N3O. The Bertz CT molecular complexity index is 308. The number of carbonyl (C=O) groups is 1. The van der Waals surface area contributed by atoms with E-state index in [4.69, 9.17) is 11.5 Å². The molecule has 0 aromatic heterocycles. The van der Waals surface area contributed by atoms with Crippen LogP contribution in [0.3, 0.4) is 0 Å². The summed E-state index contributed by atoms with van der Waals surface area (Å²) >= 11 is 0. The molecule has 0 bridgehead atoms. The summed E-state index contributed by atoms with van der Waals surface area (Å²) in [7, 11) is 0. The van der Waals surface area contributed by atoms with Crippen molar-refractivity contribution in [1.82, 2.24) is 0 Å². The van der Waals surface area contributed by atoms with Gasteiger partial charge in [0, 0.05) is 18.7 Å². The highest BCUT2D eigenvalue weighted by molar-refractivity contribution is 5.90. The zero-order valence-electron chi connectivity index (χ0n) is 8.70. The van der Waals surface area contributed by atoms with Gasteiger partial charge in [0.2, 0.25) is 5.91 Å². The number of nitrogens with two attached hydrogens (primary N) is 2. The topological polar surface area (TPSA) is 81.1 Å². The maximum absolute atomic E-state index is 11.3. The number of nitrogens with one attached hydrogen (secondary N) is 1. The lowest BCUT2D eigenvalue weighted by Gasteiger charge is -2.05. The van der Waals surface area contributed by atoms with E-state index in [0.717, 1.165) is 11.3 Å². The second kappa shape index (κ2) is 6.16. The van der Waals surface area contributed by atoms with Crippen LogP contribution >= 0.6 is 0 Å². The highest BCUT2D eigenvalue weighted by atomic mass is 16.1. The van der Waals surface area contributed by atoms with Crippen molar-refractivity contribution in [3.8, 4) is 0 Å². The predicted octanol–water partition coefficient (Wildman–Crippen LogP) is 0.823. The molecular weight excluding hydrogens is 190 g/mol. The van der Waals surface area contributed by atoms with Crippen LogP contribution in [0.5, 0.6) is 0 Å². The molecule has 0 aliphatic carbocycles. The van der Waals surface area contributed by atoms with Gasteiger partial charge in [0.05, 0.1) is 0 Å². The molecule has 0 atom stereocenters. The molecule has 0 unspecified atom stereocenters. The van der Waals surface area contributed by atoms with E-state index in [0.29, 0.717) is 25.9 Å². The Morgan fingerprint density at radius 3 is 2.40 bits per heavy atom. The van der Waals surface area contributed by atoms with Crippen molar-refractivity contribution in [2.45, 2.75) is 19.4 Å². The van der Waals surface area contributed by atoms with Gasteiger partial charge in [-0.2, -0.15) is 0 Å². The number of amides is 1. The number of carbonyl (C=O) groups excluding carboxylic acids is 1. The highest BCUT2D eigenvalue weighted by Crippen LogP contribution is 2.09. The monoisotopic (exact) mass is 207 g/mol. The second-order valence-corrected chi connectivity index (χ2v) is 3.34. The Morgan fingerprint density at radius 2 is 1.87 bits per heavy atom. The van der Waals surface area contributed by atoms with Crippen molar-refractivity contribution in [2.24, 2.45) is 11.5 Å². The molecule has 0 fully saturated rings. The van der Waals surface area contributed by atoms with Gasteiger partial charge < -0.3 is 16.8 Å². The first-order valence-corrected chi connectivity index (χ1v) is 5.05. The minimum atomic E-state index is 0.000878. The summed E-state index contributed by atoms with van der Waals surface area (Å²) < 4.78 is 0. The van der Waals surface area contributed by atoms with Crippen LogP contribution in [0.1, 0.15) is 18.4 Å². The van der Waals surface area contributed by atoms with Crippen LogP contribution in [-0.2, 0) is 11.3 Å². The van der Waals surface area contributed by atoms with E-state index in [2.05, 4.69) is 5.32 Å². The van der Waals surface area contributed by atoms with Crippen molar-refractivity contribution < 1.29 is 4.79 Å². The molecule has 0 radical (unpaired) electrons. The molecule has 4 nitrogen and oxygen atoms in total. The van der Waals surface area contributed by atoms with E-state index in [-0.39, 0.29) is 5.91 Å². The standard InChI is InChI=1S/C11H17N3O/c12-7-1-2-11(15)14-10-5-3-9(8-13)4-6-10/h3-6H,1-2,7-8,12-13H2,(H,14,15). The zero-order chi connectivity index (χ0) is 11.1. The van der Waals surface area contributed by atoms with E-state index in [9.17, 15) is 4.79 Å². The van der Waals surface area contributed by atoms with Crippen LogP contribution < -0.4 is 16.8 Å². The molecule has 82 valence electrons. The quantitative estimate of drug-likeness (QED) is 0.668. The molecule has 1 amide bonds. The average Bonchev–Trinajstić information content (AvgIpc) is 2.27.